The van der Waals surface area contributed by atoms with Gasteiger partial charge in [-0.1, -0.05) is 19.1 Å². The molecule has 2 rings (SSSR count). The standard InChI is InChI=1S/C13H17N5O/c1-3-11(14)13(19)16-10-6-4-5-9(7-10)12-17-15-8-18(12)2/h4-8,11H,3,14H2,1-2H3,(H,16,19)/t11-/m0/s1. The maximum atomic E-state index is 11.7. The van der Waals surface area contributed by atoms with E-state index in [0.29, 0.717) is 12.1 Å². The molecule has 0 spiro atoms. The first-order valence-electron chi connectivity index (χ1n) is 6.12. The van der Waals surface area contributed by atoms with E-state index < -0.39 is 6.04 Å². The molecule has 1 amide bonds. The lowest BCUT2D eigenvalue weighted by atomic mass is 10.1. The summed E-state index contributed by atoms with van der Waals surface area (Å²) in [6, 6.07) is 6.96. The van der Waals surface area contributed by atoms with Crippen LogP contribution in [0.25, 0.3) is 11.4 Å². The van der Waals surface area contributed by atoms with E-state index in [9.17, 15) is 4.79 Å². The number of nitrogens with two attached hydrogens (primary N) is 1. The Morgan fingerprint density at radius 3 is 2.95 bits per heavy atom. The van der Waals surface area contributed by atoms with Crippen LogP contribution in [0.2, 0.25) is 0 Å². The van der Waals surface area contributed by atoms with Gasteiger partial charge in [0, 0.05) is 18.3 Å². The minimum absolute atomic E-state index is 0.183. The molecule has 0 aliphatic rings. The average Bonchev–Trinajstić information content (AvgIpc) is 2.84. The van der Waals surface area contributed by atoms with Crippen molar-refractivity contribution in [3.8, 4) is 11.4 Å². The van der Waals surface area contributed by atoms with Crippen LogP contribution >= 0.6 is 0 Å². The van der Waals surface area contributed by atoms with Crippen LogP contribution in [0.3, 0.4) is 0 Å². The topological polar surface area (TPSA) is 85.8 Å². The van der Waals surface area contributed by atoms with Gasteiger partial charge in [-0.25, -0.2) is 0 Å². The Balaban J connectivity index is 2.21. The van der Waals surface area contributed by atoms with Gasteiger partial charge in [0.05, 0.1) is 6.04 Å². The number of rotatable bonds is 4. The first-order chi connectivity index (χ1) is 9.11. The van der Waals surface area contributed by atoms with Gasteiger partial charge < -0.3 is 15.6 Å². The Bertz CT molecular complexity index is 578. The largest absolute Gasteiger partial charge is 0.325 e. The fraction of sp³-hybridized carbons (Fsp3) is 0.308. The summed E-state index contributed by atoms with van der Waals surface area (Å²) in [5.74, 6) is 0.563. The van der Waals surface area contributed by atoms with Crippen LogP contribution in [0, 0.1) is 0 Å². The van der Waals surface area contributed by atoms with Crippen molar-refractivity contribution in [3.05, 3.63) is 30.6 Å². The summed E-state index contributed by atoms with van der Waals surface area (Å²) in [5, 5.41) is 10.7. The molecule has 0 aliphatic heterocycles. The zero-order valence-electron chi connectivity index (χ0n) is 11.0. The molecule has 0 bridgehead atoms. The van der Waals surface area contributed by atoms with Gasteiger partial charge in [0.25, 0.3) is 0 Å². The molecule has 1 atom stereocenters. The Morgan fingerprint density at radius 2 is 2.32 bits per heavy atom. The monoisotopic (exact) mass is 259 g/mol. The summed E-state index contributed by atoms with van der Waals surface area (Å²) in [7, 11) is 1.87. The summed E-state index contributed by atoms with van der Waals surface area (Å²) >= 11 is 0. The first-order valence-corrected chi connectivity index (χ1v) is 6.12. The third kappa shape index (κ3) is 2.97. The molecule has 2 aromatic rings. The maximum absolute atomic E-state index is 11.7. The Kier molecular flexibility index (Phi) is 3.91. The van der Waals surface area contributed by atoms with E-state index in [4.69, 9.17) is 5.73 Å². The zero-order valence-corrected chi connectivity index (χ0v) is 11.0. The van der Waals surface area contributed by atoms with Crippen molar-refractivity contribution < 1.29 is 4.79 Å². The van der Waals surface area contributed by atoms with Gasteiger partial charge in [-0.15, -0.1) is 10.2 Å². The van der Waals surface area contributed by atoms with Crippen molar-refractivity contribution in [1.29, 1.82) is 0 Å². The van der Waals surface area contributed by atoms with Gasteiger partial charge in [0.15, 0.2) is 5.82 Å². The minimum atomic E-state index is -0.488. The Hall–Kier alpha value is -2.21. The van der Waals surface area contributed by atoms with Crippen LogP contribution < -0.4 is 11.1 Å². The fourth-order valence-corrected chi connectivity index (χ4v) is 1.70. The fourth-order valence-electron chi connectivity index (χ4n) is 1.70. The number of amides is 1. The molecule has 19 heavy (non-hydrogen) atoms. The van der Waals surface area contributed by atoms with Crippen LogP contribution in [-0.4, -0.2) is 26.7 Å². The molecule has 6 heteroatoms. The predicted molar refractivity (Wildman–Crippen MR) is 73.3 cm³/mol. The minimum Gasteiger partial charge on any atom is -0.325 e. The van der Waals surface area contributed by atoms with Gasteiger partial charge in [-0.3, -0.25) is 4.79 Å². The molecule has 0 unspecified atom stereocenters. The number of nitrogens with zero attached hydrogens (tertiary/aromatic N) is 3. The highest BCUT2D eigenvalue weighted by Crippen LogP contribution is 2.20. The number of carbonyl (C=O) groups excluding carboxylic acids is 1. The number of aromatic nitrogens is 3. The van der Waals surface area contributed by atoms with Crippen LogP contribution in [0.5, 0.6) is 0 Å². The summed E-state index contributed by atoms with van der Waals surface area (Å²) < 4.78 is 1.82. The van der Waals surface area contributed by atoms with E-state index in [0.717, 1.165) is 11.4 Å². The molecule has 3 N–H and O–H groups in total. The van der Waals surface area contributed by atoms with Gasteiger partial charge in [0.2, 0.25) is 5.91 Å². The molecule has 0 radical (unpaired) electrons. The number of carbonyl (C=O) groups is 1. The highest BCUT2D eigenvalue weighted by molar-refractivity contribution is 5.95. The van der Waals surface area contributed by atoms with Crippen molar-refractivity contribution in [3.63, 3.8) is 0 Å². The van der Waals surface area contributed by atoms with Gasteiger partial charge >= 0.3 is 0 Å². The second kappa shape index (κ2) is 5.62. The van der Waals surface area contributed by atoms with Crippen molar-refractivity contribution in [2.24, 2.45) is 12.8 Å². The summed E-state index contributed by atoms with van der Waals surface area (Å²) in [4.78, 5) is 11.7. The molecule has 1 aromatic carbocycles. The highest BCUT2D eigenvalue weighted by Gasteiger charge is 2.12. The quantitative estimate of drug-likeness (QED) is 0.862. The van der Waals surface area contributed by atoms with Crippen molar-refractivity contribution in [2.75, 3.05) is 5.32 Å². The highest BCUT2D eigenvalue weighted by atomic mass is 16.2. The third-order valence-electron chi connectivity index (χ3n) is 2.88. The van der Waals surface area contributed by atoms with E-state index in [2.05, 4.69) is 15.5 Å². The number of hydrogen-bond donors (Lipinski definition) is 2. The average molecular weight is 259 g/mol. The molecular weight excluding hydrogens is 242 g/mol. The van der Waals surface area contributed by atoms with Crippen molar-refractivity contribution in [2.45, 2.75) is 19.4 Å². The van der Waals surface area contributed by atoms with E-state index in [-0.39, 0.29) is 5.91 Å². The summed E-state index contributed by atoms with van der Waals surface area (Å²) in [5.41, 5.74) is 7.28. The predicted octanol–water partition coefficient (Wildman–Crippen LogP) is 1.16. The molecule has 0 saturated heterocycles. The Labute approximate surface area is 111 Å². The zero-order chi connectivity index (χ0) is 13.8. The van der Waals surface area contributed by atoms with Crippen molar-refractivity contribution in [1.82, 2.24) is 14.8 Å². The van der Waals surface area contributed by atoms with Gasteiger partial charge in [-0.05, 0) is 18.6 Å². The van der Waals surface area contributed by atoms with Crippen LogP contribution in [0.4, 0.5) is 5.69 Å². The number of nitrogens with one attached hydrogen (secondary N) is 1. The van der Waals surface area contributed by atoms with E-state index in [1.165, 1.54) is 0 Å². The number of hydrogen-bond acceptors (Lipinski definition) is 4. The van der Waals surface area contributed by atoms with Gasteiger partial charge in [-0.2, -0.15) is 0 Å². The summed E-state index contributed by atoms with van der Waals surface area (Å²) in [6.45, 7) is 1.88. The van der Waals surface area contributed by atoms with E-state index in [1.54, 1.807) is 6.33 Å². The van der Waals surface area contributed by atoms with Crippen LogP contribution in [0.15, 0.2) is 30.6 Å². The van der Waals surface area contributed by atoms with Gasteiger partial charge in [0.1, 0.15) is 6.33 Å². The maximum Gasteiger partial charge on any atom is 0.241 e. The molecule has 6 nitrogen and oxygen atoms in total. The third-order valence-corrected chi connectivity index (χ3v) is 2.88. The van der Waals surface area contributed by atoms with E-state index >= 15 is 0 Å². The second-order valence-electron chi connectivity index (χ2n) is 4.35. The Morgan fingerprint density at radius 1 is 1.53 bits per heavy atom. The first kappa shape index (κ1) is 13.2. The number of benzene rings is 1. The lowest BCUT2D eigenvalue weighted by Gasteiger charge is -2.10. The van der Waals surface area contributed by atoms with Crippen LogP contribution in [0.1, 0.15) is 13.3 Å². The molecular formula is C13H17N5O. The smallest absolute Gasteiger partial charge is 0.241 e. The molecule has 0 saturated carbocycles. The lowest BCUT2D eigenvalue weighted by molar-refractivity contribution is -0.117. The molecule has 0 fully saturated rings. The SMILES string of the molecule is CC[C@H](N)C(=O)Nc1cccc(-c2nncn2C)c1. The molecule has 100 valence electrons. The number of anilines is 1. The second-order valence-corrected chi connectivity index (χ2v) is 4.35. The molecule has 1 heterocycles. The van der Waals surface area contributed by atoms with Crippen molar-refractivity contribution >= 4 is 11.6 Å². The molecule has 0 aliphatic carbocycles. The van der Waals surface area contributed by atoms with E-state index in [1.807, 2.05) is 42.8 Å². The van der Waals surface area contributed by atoms with Crippen LogP contribution in [-0.2, 0) is 11.8 Å². The number of aryl methyl sites for hydroxylation is 1. The summed E-state index contributed by atoms with van der Waals surface area (Å²) in [6.07, 6.45) is 2.24. The molecule has 1 aromatic heterocycles. The normalized spacial score (nSPS) is 12.2. The lowest BCUT2D eigenvalue weighted by Crippen LogP contribution is -2.34.